The lowest BCUT2D eigenvalue weighted by atomic mass is 10.2. The van der Waals surface area contributed by atoms with Gasteiger partial charge in [0.2, 0.25) is 0 Å². The highest BCUT2D eigenvalue weighted by Gasteiger charge is 2.17. The van der Waals surface area contributed by atoms with Crippen LogP contribution in [0.3, 0.4) is 0 Å². The number of rotatable bonds is 6. The third-order valence-corrected chi connectivity index (χ3v) is 5.68. The van der Waals surface area contributed by atoms with E-state index >= 15 is 0 Å². The second-order valence-electron chi connectivity index (χ2n) is 5.28. The molecule has 2 aromatic rings. The Labute approximate surface area is 151 Å². The van der Waals surface area contributed by atoms with Gasteiger partial charge in [-0.2, -0.15) is 0 Å². The van der Waals surface area contributed by atoms with Gasteiger partial charge in [-0.05, 0) is 31.2 Å². The van der Waals surface area contributed by atoms with Crippen LogP contribution >= 0.6 is 23.2 Å². The molecule has 0 atom stereocenters. The van der Waals surface area contributed by atoms with Crippen LogP contribution in [0.15, 0.2) is 47.4 Å². The van der Waals surface area contributed by atoms with Crippen molar-refractivity contribution in [3.05, 3.63) is 63.6 Å². The normalized spacial score (nSPS) is 11.3. The number of esters is 1. The second kappa shape index (κ2) is 8.01. The maximum absolute atomic E-state index is 12.2. The average molecular weight is 387 g/mol. The molecule has 2 aromatic carbocycles. The number of sulfone groups is 1. The van der Waals surface area contributed by atoms with Crippen LogP contribution in [0.4, 0.5) is 0 Å². The van der Waals surface area contributed by atoms with Crippen LogP contribution in [-0.2, 0) is 26.0 Å². The predicted molar refractivity (Wildman–Crippen MR) is 94.1 cm³/mol. The summed E-state index contributed by atoms with van der Waals surface area (Å²) in [5, 5.41) is 0.877. The van der Waals surface area contributed by atoms with Crippen molar-refractivity contribution in [1.29, 1.82) is 0 Å². The Kier molecular flexibility index (Phi) is 6.27. The van der Waals surface area contributed by atoms with Crippen LogP contribution in [0, 0.1) is 6.92 Å². The first-order chi connectivity index (χ1) is 11.3. The zero-order valence-corrected chi connectivity index (χ0v) is 15.3. The summed E-state index contributed by atoms with van der Waals surface area (Å²) in [4.78, 5) is 12.0. The number of carbonyl (C=O) groups excluding carboxylic acids is 1. The number of hydrogen-bond acceptors (Lipinski definition) is 4. The van der Waals surface area contributed by atoms with E-state index in [1.54, 1.807) is 30.3 Å². The van der Waals surface area contributed by atoms with Crippen molar-refractivity contribution in [1.82, 2.24) is 0 Å². The highest BCUT2D eigenvalue weighted by atomic mass is 35.5. The van der Waals surface area contributed by atoms with Crippen LogP contribution in [-0.4, -0.2) is 20.1 Å². The highest BCUT2D eigenvalue weighted by molar-refractivity contribution is 7.91. The van der Waals surface area contributed by atoms with Crippen LogP contribution in [0.2, 0.25) is 10.0 Å². The van der Waals surface area contributed by atoms with Gasteiger partial charge in [0.05, 0.1) is 17.1 Å². The standard InChI is InChI=1S/C17H16Cl2O4S/c1-12-2-6-15(7-3-12)24(21,22)9-8-17(20)23-11-13-4-5-14(18)10-16(13)19/h2-7,10H,8-9,11H2,1H3. The average Bonchev–Trinajstić information content (AvgIpc) is 2.52. The van der Waals surface area contributed by atoms with Gasteiger partial charge in [-0.3, -0.25) is 4.79 Å². The molecular weight excluding hydrogens is 371 g/mol. The van der Waals surface area contributed by atoms with E-state index in [1.807, 2.05) is 6.92 Å². The minimum absolute atomic E-state index is 0.0284. The van der Waals surface area contributed by atoms with Gasteiger partial charge < -0.3 is 4.74 Å². The number of carbonyl (C=O) groups is 1. The molecule has 0 heterocycles. The lowest BCUT2D eigenvalue weighted by molar-refractivity contribution is -0.144. The minimum Gasteiger partial charge on any atom is -0.461 e. The molecule has 0 aliphatic rings. The van der Waals surface area contributed by atoms with Crippen LogP contribution < -0.4 is 0 Å². The Balaban J connectivity index is 1.89. The molecule has 24 heavy (non-hydrogen) atoms. The molecule has 128 valence electrons. The van der Waals surface area contributed by atoms with Crippen molar-refractivity contribution >= 4 is 39.0 Å². The first-order valence-corrected chi connectivity index (χ1v) is 9.58. The van der Waals surface area contributed by atoms with E-state index < -0.39 is 15.8 Å². The van der Waals surface area contributed by atoms with E-state index in [-0.39, 0.29) is 23.7 Å². The molecule has 0 spiro atoms. The summed E-state index contributed by atoms with van der Waals surface area (Å²) >= 11 is 11.8. The fourth-order valence-electron chi connectivity index (χ4n) is 1.95. The highest BCUT2D eigenvalue weighted by Crippen LogP contribution is 2.21. The van der Waals surface area contributed by atoms with Gasteiger partial charge in [-0.15, -0.1) is 0 Å². The SMILES string of the molecule is Cc1ccc(S(=O)(=O)CCC(=O)OCc2ccc(Cl)cc2Cl)cc1. The summed E-state index contributed by atoms with van der Waals surface area (Å²) in [7, 11) is -3.51. The molecule has 0 saturated heterocycles. The summed E-state index contributed by atoms with van der Waals surface area (Å²) in [5.74, 6) is -0.903. The molecule has 0 unspecified atom stereocenters. The van der Waals surface area contributed by atoms with E-state index in [9.17, 15) is 13.2 Å². The fourth-order valence-corrected chi connectivity index (χ4v) is 3.64. The lowest BCUT2D eigenvalue weighted by Crippen LogP contribution is -2.13. The molecular formula is C17H16Cl2O4S. The summed E-state index contributed by atoms with van der Waals surface area (Å²) in [6, 6.07) is 11.3. The number of halogens is 2. The smallest absolute Gasteiger partial charge is 0.307 e. The van der Waals surface area contributed by atoms with Crippen molar-refractivity contribution in [2.45, 2.75) is 24.8 Å². The van der Waals surface area contributed by atoms with Gasteiger partial charge in [0.15, 0.2) is 9.84 Å². The number of aryl methyl sites for hydroxylation is 1. The molecule has 0 aliphatic heterocycles. The van der Waals surface area contributed by atoms with Gasteiger partial charge >= 0.3 is 5.97 Å². The fraction of sp³-hybridized carbons (Fsp3) is 0.235. The Hall–Kier alpha value is -1.56. The van der Waals surface area contributed by atoms with Gasteiger partial charge in [-0.1, -0.05) is 47.0 Å². The third-order valence-electron chi connectivity index (χ3n) is 3.36. The van der Waals surface area contributed by atoms with Crippen molar-refractivity contribution in [3.8, 4) is 0 Å². The van der Waals surface area contributed by atoms with E-state index in [4.69, 9.17) is 27.9 Å². The molecule has 0 aromatic heterocycles. The predicted octanol–water partition coefficient (Wildman–Crippen LogP) is 4.21. The zero-order chi connectivity index (χ0) is 17.7. The molecule has 0 aliphatic carbocycles. The van der Waals surface area contributed by atoms with Gasteiger partial charge in [-0.25, -0.2) is 8.42 Å². The monoisotopic (exact) mass is 386 g/mol. The van der Waals surface area contributed by atoms with Crippen LogP contribution in [0.25, 0.3) is 0 Å². The Bertz CT molecular complexity index is 830. The maximum atomic E-state index is 12.2. The first kappa shape index (κ1) is 18.8. The number of ether oxygens (including phenoxy) is 1. The molecule has 4 nitrogen and oxygen atoms in total. The summed E-state index contributed by atoms with van der Waals surface area (Å²) < 4.78 is 29.4. The third kappa shape index (κ3) is 5.23. The van der Waals surface area contributed by atoms with Crippen molar-refractivity contribution in [2.24, 2.45) is 0 Å². The molecule has 0 N–H and O–H groups in total. The molecule has 0 saturated carbocycles. The van der Waals surface area contributed by atoms with Crippen molar-refractivity contribution in [2.75, 3.05) is 5.75 Å². The zero-order valence-electron chi connectivity index (χ0n) is 13.0. The van der Waals surface area contributed by atoms with E-state index in [0.29, 0.717) is 15.6 Å². The molecule has 0 bridgehead atoms. The van der Waals surface area contributed by atoms with Gasteiger partial charge in [0.1, 0.15) is 6.61 Å². The van der Waals surface area contributed by atoms with Gasteiger partial charge in [0.25, 0.3) is 0 Å². The lowest BCUT2D eigenvalue weighted by Gasteiger charge is -2.08. The van der Waals surface area contributed by atoms with Crippen LogP contribution in [0.1, 0.15) is 17.5 Å². The molecule has 0 fully saturated rings. The Morgan fingerprint density at radius 3 is 2.38 bits per heavy atom. The van der Waals surface area contributed by atoms with Crippen LogP contribution in [0.5, 0.6) is 0 Å². The largest absolute Gasteiger partial charge is 0.461 e. The first-order valence-electron chi connectivity index (χ1n) is 7.17. The Morgan fingerprint density at radius 2 is 1.75 bits per heavy atom. The topological polar surface area (TPSA) is 60.4 Å². The summed E-state index contributed by atoms with van der Waals surface area (Å²) in [5.41, 5.74) is 1.57. The van der Waals surface area contributed by atoms with Crippen molar-refractivity contribution in [3.63, 3.8) is 0 Å². The van der Waals surface area contributed by atoms with E-state index in [1.165, 1.54) is 12.1 Å². The van der Waals surface area contributed by atoms with E-state index in [0.717, 1.165) is 5.56 Å². The summed E-state index contributed by atoms with van der Waals surface area (Å²) in [6.45, 7) is 1.84. The van der Waals surface area contributed by atoms with E-state index in [2.05, 4.69) is 0 Å². The van der Waals surface area contributed by atoms with Gasteiger partial charge in [0, 0.05) is 15.6 Å². The second-order valence-corrected chi connectivity index (χ2v) is 8.23. The quantitative estimate of drug-likeness (QED) is 0.697. The molecule has 0 radical (unpaired) electrons. The maximum Gasteiger partial charge on any atom is 0.307 e. The summed E-state index contributed by atoms with van der Waals surface area (Å²) in [6.07, 6.45) is -0.221. The minimum atomic E-state index is -3.51. The Morgan fingerprint density at radius 1 is 1.08 bits per heavy atom. The number of hydrogen-bond donors (Lipinski definition) is 0. The molecule has 2 rings (SSSR count). The number of benzene rings is 2. The molecule has 0 amide bonds. The van der Waals surface area contributed by atoms with Crippen molar-refractivity contribution < 1.29 is 17.9 Å². The molecule has 7 heteroatoms.